The Morgan fingerprint density at radius 1 is 0.941 bits per heavy atom. The molecule has 0 radical (unpaired) electrons. The SMILES string of the molecule is C=CCCCCNNC(=O)OC(C)(C)C.C=C[C@@H]1C[C@]1(NC(=O)[C@@H]1C[C@@H](ON=C2c3ccccc3-c3ccccc32)C[C@H]1C(C)=O)C(=O)OCC. The van der Waals surface area contributed by atoms with Crippen LogP contribution in [-0.2, 0) is 28.7 Å². The first kappa shape index (κ1) is 39.0. The van der Waals surface area contributed by atoms with Crippen LogP contribution in [0.4, 0.5) is 4.79 Å². The lowest BCUT2D eigenvalue weighted by molar-refractivity contribution is -0.149. The number of ether oxygens (including phenoxy) is 2. The molecule has 2 amide bonds. The number of rotatable bonds is 14. The van der Waals surface area contributed by atoms with Crippen LogP contribution in [-0.4, -0.2) is 59.9 Å². The Bertz CT molecular complexity index is 1580. The third-order valence-electron chi connectivity index (χ3n) is 9.16. The molecule has 2 fully saturated rings. The Morgan fingerprint density at radius 2 is 1.55 bits per heavy atom. The van der Waals surface area contributed by atoms with E-state index in [2.05, 4.69) is 46.6 Å². The van der Waals surface area contributed by atoms with E-state index in [1.807, 2.05) is 63.2 Å². The molecule has 51 heavy (non-hydrogen) atoms. The molecule has 0 saturated heterocycles. The van der Waals surface area contributed by atoms with Crippen LogP contribution in [0.25, 0.3) is 11.1 Å². The maximum atomic E-state index is 13.3. The summed E-state index contributed by atoms with van der Waals surface area (Å²) in [4.78, 5) is 55.5. The van der Waals surface area contributed by atoms with Gasteiger partial charge in [-0.3, -0.25) is 15.0 Å². The van der Waals surface area contributed by atoms with Gasteiger partial charge in [-0.15, -0.1) is 13.2 Å². The van der Waals surface area contributed by atoms with E-state index in [0.29, 0.717) is 19.3 Å². The number of allylic oxidation sites excluding steroid dienone is 1. The molecule has 0 bridgehead atoms. The molecule has 2 saturated carbocycles. The average molecular weight is 701 g/mol. The largest absolute Gasteiger partial charge is 0.464 e. The van der Waals surface area contributed by atoms with E-state index in [9.17, 15) is 19.2 Å². The summed E-state index contributed by atoms with van der Waals surface area (Å²) >= 11 is 0. The van der Waals surface area contributed by atoms with E-state index in [4.69, 9.17) is 14.3 Å². The molecule has 3 aliphatic rings. The molecular weight excluding hydrogens is 648 g/mol. The summed E-state index contributed by atoms with van der Waals surface area (Å²) in [6.07, 6.45) is 6.99. The number of hydrazine groups is 1. The van der Waals surface area contributed by atoms with Crippen molar-refractivity contribution >= 4 is 29.5 Å². The third-order valence-corrected chi connectivity index (χ3v) is 9.16. The van der Waals surface area contributed by atoms with Crippen molar-refractivity contribution in [1.82, 2.24) is 16.2 Å². The molecule has 5 rings (SSSR count). The minimum Gasteiger partial charge on any atom is -0.464 e. The predicted octanol–water partition coefficient (Wildman–Crippen LogP) is 6.42. The molecule has 274 valence electrons. The lowest BCUT2D eigenvalue weighted by atomic mass is 9.91. The molecule has 3 N–H and O–H groups in total. The van der Waals surface area contributed by atoms with Crippen LogP contribution in [0.15, 0.2) is 79.0 Å². The number of esters is 1. The highest BCUT2D eigenvalue weighted by Gasteiger charge is 2.62. The number of hydrogen-bond donors (Lipinski definition) is 3. The molecular formula is C40H52N4O7. The summed E-state index contributed by atoms with van der Waals surface area (Å²) in [6.45, 7) is 17.1. The standard InChI is InChI=1S/C29H30N2O5.C11H22N2O2/c1-4-18-16-29(18,28(34)35-5-2)30-27(33)25-15-19(14-24(25)17(3)32)36-31-26-22-12-8-6-10-20(22)21-11-7-9-13-23(21)26;1-5-6-7-8-9-12-13-10(14)15-11(2,3)4/h4,6-13,18-19,24-25H,1,5,14-16H2,2-3H3,(H,30,33);5,12H,1,6-9H2,2-4H3,(H,13,14)/t18-,19+,24+,25-,29-;/m1./s1. The molecule has 11 heteroatoms. The van der Waals surface area contributed by atoms with Gasteiger partial charge in [-0.2, -0.15) is 0 Å². The maximum Gasteiger partial charge on any atom is 0.422 e. The van der Waals surface area contributed by atoms with Crippen molar-refractivity contribution in [3.63, 3.8) is 0 Å². The fourth-order valence-corrected chi connectivity index (χ4v) is 6.55. The Hall–Kier alpha value is -4.77. The summed E-state index contributed by atoms with van der Waals surface area (Å²) in [7, 11) is 0. The zero-order chi connectivity index (χ0) is 37.2. The lowest BCUT2D eigenvalue weighted by Crippen LogP contribution is -2.49. The molecule has 3 aliphatic carbocycles. The first-order valence-corrected chi connectivity index (χ1v) is 17.7. The molecule has 0 spiro atoms. The lowest BCUT2D eigenvalue weighted by Gasteiger charge is -2.22. The smallest absolute Gasteiger partial charge is 0.422 e. The first-order valence-electron chi connectivity index (χ1n) is 17.7. The van der Waals surface area contributed by atoms with Crippen LogP contribution in [0, 0.1) is 17.8 Å². The van der Waals surface area contributed by atoms with Crippen LogP contribution in [0.1, 0.15) is 84.3 Å². The van der Waals surface area contributed by atoms with E-state index in [-0.39, 0.29) is 24.2 Å². The van der Waals surface area contributed by atoms with Gasteiger partial charge in [0, 0.05) is 29.5 Å². The van der Waals surface area contributed by atoms with Gasteiger partial charge in [-0.25, -0.2) is 15.0 Å². The molecule has 11 nitrogen and oxygen atoms in total. The van der Waals surface area contributed by atoms with Gasteiger partial charge in [-0.1, -0.05) is 65.8 Å². The number of benzene rings is 2. The van der Waals surface area contributed by atoms with Gasteiger partial charge in [0.2, 0.25) is 5.91 Å². The Labute approximate surface area is 301 Å². The molecule has 0 unspecified atom stereocenters. The van der Waals surface area contributed by atoms with Crippen LogP contribution in [0.5, 0.6) is 0 Å². The summed E-state index contributed by atoms with van der Waals surface area (Å²) in [6, 6.07) is 16.1. The van der Waals surface area contributed by atoms with Gasteiger partial charge >= 0.3 is 12.1 Å². The number of unbranched alkanes of at least 4 members (excludes halogenated alkanes) is 2. The fraction of sp³-hybridized carbons (Fsp3) is 0.475. The number of nitrogens with zero attached hydrogens (tertiary/aromatic N) is 1. The second-order valence-corrected chi connectivity index (χ2v) is 14.1. The van der Waals surface area contributed by atoms with Gasteiger partial charge in [0.15, 0.2) is 0 Å². The second-order valence-electron chi connectivity index (χ2n) is 14.1. The van der Waals surface area contributed by atoms with Crippen molar-refractivity contribution < 1.29 is 33.5 Å². The molecule has 2 aromatic rings. The molecule has 0 heterocycles. The quantitative estimate of drug-likeness (QED) is 0.0757. The molecule has 2 aromatic carbocycles. The number of amides is 2. The highest BCUT2D eigenvalue weighted by Crippen LogP contribution is 2.46. The van der Waals surface area contributed by atoms with Crippen LogP contribution in [0.3, 0.4) is 0 Å². The number of Topliss-reactive ketones (excluding diaryl/α,β-unsaturated/α-hetero) is 1. The van der Waals surface area contributed by atoms with Crippen LogP contribution < -0.4 is 16.2 Å². The van der Waals surface area contributed by atoms with Gasteiger partial charge in [0.05, 0.1) is 12.5 Å². The number of ketones is 1. The van der Waals surface area contributed by atoms with Gasteiger partial charge in [0.25, 0.3) is 0 Å². The number of carbonyl (C=O) groups excluding carboxylic acids is 4. The third kappa shape index (κ3) is 9.94. The van der Waals surface area contributed by atoms with E-state index >= 15 is 0 Å². The normalized spacial score (nSPS) is 22.6. The Morgan fingerprint density at radius 3 is 2.08 bits per heavy atom. The van der Waals surface area contributed by atoms with Gasteiger partial charge in [-0.05, 0) is 84.3 Å². The van der Waals surface area contributed by atoms with Crippen molar-refractivity contribution in [1.29, 1.82) is 0 Å². The number of carbonyl (C=O) groups is 4. The number of hydrogen-bond acceptors (Lipinski definition) is 9. The van der Waals surface area contributed by atoms with Crippen molar-refractivity contribution in [3.05, 3.63) is 85.0 Å². The molecule has 0 aliphatic heterocycles. The monoisotopic (exact) mass is 700 g/mol. The highest BCUT2D eigenvalue weighted by molar-refractivity contribution is 6.24. The summed E-state index contributed by atoms with van der Waals surface area (Å²) in [5, 5.41) is 7.42. The number of nitrogens with one attached hydrogen (secondary N) is 3. The minimum atomic E-state index is -1.09. The number of oxime groups is 1. The Kier molecular flexibility index (Phi) is 13.3. The van der Waals surface area contributed by atoms with Crippen molar-refractivity contribution in [3.8, 4) is 11.1 Å². The topological polar surface area (TPSA) is 144 Å². The predicted molar refractivity (Wildman–Crippen MR) is 197 cm³/mol. The van der Waals surface area contributed by atoms with E-state index in [1.54, 1.807) is 13.0 Å². The first-order chi connectivity index (χ1) is 24.3. The fourth-order valence-electron chi connectivity index (χ4n) is 6.55. The van der Waals surface area contributed by atoms with E-state index in [1.165, 1.54) is 6.92 Å². The minimum absolute atomic E-state index is 0.0771. The molecule has 0 aromatic heterocycles. The Balaban J connectivity index is 0.000000330. The summed E-state index contributed by atoms with van der Waals surface area (Å²) in [5.74, 6) is -2.15. The zero-order valence-corrected chi connectivity index (χ0v) is 30.5. The van der Waals surface area contributed by atoms with Crippen molar-refractivity contribution in [2.24, 2.45) is 22.9 Å². The second kappa shape index (κ2) is 17.4. The summed E-state index contributed by atoms with van der Waals surface area (Å²) in [5.41, 5.74) is 8.69. The van der Waals surface area contributed by atoms with Crippen molar-refractivity contribution in [2.45, 2.75) is 90.4 Å². The average Bonchev–Trinajstić information content (AvgIpc) is 3.47. The van der Waals surface area contributed by atoms with Gasteiger partial charge in [0.1, 0.15) is 28.7 Å². The highest BCUT2D eigenvalue weighted by atomic mass is 16.6. The maximum absolute atomic E-state index is 13.3. The summed E-state index contributed by atoms with van der Waals surface area (Å²) < 4.78 is 10.2. The number of fused-ring (bicyclic) bond motifs is 3. The van der Waals surface area contributed by atoms with Crippen molar-refractivity contribution in [2.75, 3.05) is 13.2 Å². The van der Waals surface area contributed by atoms with E-state index < -0.39 is 41.1 Å². The van der Waals surface area contributed by atoms with Crippen LogP contribution >= 0.6 is 0 Å². The van der Waals surface area contributed by atoms with E-state index in [0.717, 1.165) is 53.8 Å². The molecule has 5 atom stereocenters. The van der Waals surface area contributed by atoms with Crippen LogP contribution in [0.2, 0.25) is 0 Å². The van der Waals surface area contributed by atoms with Gasteiger partial charge < -0.3 is 19.6 Å². The zero-order valence-electron chi connectivity index (χ0n) is 30.5.